The van der Waals surface area contributed by atoms with Crippen LogP contribution in [0.2, 0.25) is 5.02 Å². The minimum Gasteiger partial charge on any atom is -0.308 e. The summed E-state index contributed by atoms with van der Waals surface area (Å²) in [7, 11) is 0. The summed E-state index contributed by atoms with van der Waals surface area (Å²) in [5, 5.41) is 4.06. The summed E-state index contributed by atoms with van der Waals surface area (Å²) in [4.78, 5) is 5.25. The van der Waals surface area contributed by atoms with E-state index in [-0.39, 0.29) is 0 Å². The smallest absolute Gasteiger partial charge is 0.0701 e. The highest BCUT2D eigenvalue weighted by molar-refractivity contribution is 9.11. The molecule has 0 aliphatic carbocycles. The fourth-order valence-electron chi connectivity index (χ4n) is 1.31. The van der Waals surface area contributed by atoms with Crippen LogP contribution in [0.15, 0.2) is 34.4 Å². The molecule has 0 saturated heterocycles. The normalized spacial score (nSPS) is 10.6. The van der Waals surface area contributed by atoms with E-state index in [0.29, 0.717) is 5.02 Å². The summed E-state index contributed by atoms with van der Waals surface area (Å²) >= 11 is 11.2. The lowest BCUT2D eigenvalue weighted by Gasteiger charge is -2.04. The average Bonchev–Trinajstić information content (AvgIpc) is 2.67. The first-order chi connectivity index (χ1) is 7.75. The minimum atomic E-state index is 0.711. The molecule has 84 valence electrons. The van der Waals surface area contributed by atoms with E-state index < -0.39 is 0 Å². The second-order valence-corrected chi connectivity index (χ2v) is 6.23. The van der Waals surface area contributed by atoms with Crippen molar-refractivity contribution in [2.75, 3.05) is 0 Å². The van der Waals surface area contributed by atoms with Gasteiger partial charge in [0.25, 0.3) is 0 Å². The van der Waals surface area contributed by atoms with Crippen LogP contribution in [0.4, 0.5) is 0 Å². The number of hydrogen-bond donors (Lipinski definition) is 1. The number of thiophene rings is 1. The molecule has 0 spiro atoms. The second kappa shape index (κ2) is 5.77. The van der Waals surface area contributed by atoms with Crippen molar-refractivity contribution in [1.29, 1.82) is 0 Å². The zero-order valence-corrected chi connectivity index (χ0v) is 11.6. The van der Waals surface area contributed by atoms with Crippen LogP contribution in [-0.2, 0) is 13.1 Å². The van der Waals surface area contributed by atoms with E-state index in [0.717, 1.165) is 22.4 Å². The molecule has 0 amide bonds. The van der Waals surface area contributed by atoms with Crippen LogP contribution >= 0.6 is 38.9 Å². The molecule has 0 aliphatic rings. The predicted molar refractivity (Wildman–Crippen MR) is 71.8 cm³/mol. The van der Waals surface area contributed by atoms with E-state index in [1.165, 1.54) is 4.88 Å². The maximum atomic E-state index is 6.00. The molecular formula is C11H10BrClN2S. The van der Waals surface area contributed by atoms with E-state index in [1.54, 1.807) is 23.7 Å². The summed E-state index contributed by atoms with van der Waals surface area (Å²) in [6.07, 6.45) is 3.42. The largest absolute Gasteiger partial charge is 0.308 e. The van der Waals surface area contributed by atoms with Gasteiger partial charge >= 0.3 is 0 Å². The molecule has 2 aromatic heterocycles. The molecule has 16 heavy (non-hydrogen) atoms. The summed E-state index contributed by atoms with van der Waals surface area (Å²) in [5.41, 5.74) is 1.08. The van der Waals surface area contributed by atoms with Crippen molar-refractivity contribution >= 4 is 38.9 Å². The molecule has 0 unspecified atom stereocenters. The van der Waals surface area contributed by atoms with Gasteiger partial charge in [-0.3, -0.25) is 4.98 Å². The van der Waals surface area contributed by atoms with Gasteiger partial charge in [0.2, 0.25) is 0 Å². The van der Waals surface area contributed by atoms with Crippen LogP contribution in [-0.4, -0.2) is 4.98 Å². The van der Waals surface area contributed by atoms with E-state index in [1.807, 2.05) is 6.07 Å². The molecule has 0 saturated carbocycles. The Balaban J connectivity index is 1.87. The molecule has 0 fully saturated rings. The van der Waals surface area contributed by atoms with E-state index in [4.69, 9.17) is 11.6 Å². The highest BCUT2D eigenvalue weighted by Gasteiger charge is 2.00. The van der Waals surface area contributed by atoms with Crippen molar-refractivity contribution in [2.45, 2.75) is 13.1 Å². The molecule has 0 bridgehead atoms. The molecule has 0 radical (unpaired) electrons. The highest BCUT2D eigenvalue weighted by Crippen LogP contribution is 2.22. The quantitative estimate of drug-likeness (QED) is 0.926. The molecular weight excluding hydrogens is 308 g/mol. The maximum Gasteiger partial charge on any atom is 0.0701 e. The van der Waals surface area contributed by atoms with Crippen LogP contribution in [0.25, 0.3) is 0 Å². The number of nitrogens with one attached hydrogen (secondary N) is 1. The molecule has 2 nitrogen and oxygen atoms in total. The molecule has 2 rings (SSSR count). The van der Waals surface area contributed by atoms with Crippen molar-refractivity contribution in [2.24, 2.45) is 0 Å². The van der Waals surface area contributed by atoms with Gasteiger partial charge in [0.15, 0.2) is 0 Å². The first kappa shape index (κ1) is 12.0. The molecule has 0 aromatic carbocycles. The number of rotatable bonds is 4. The molecule has 1 N–H and O–H groups in total. The van der Waals surface area contributed by atoms with Gasteiger partial charge in [0.1, 0.15) is 0 Å². The number of pyridine rings is 1. The van der Waals surface area contributed by atoms with Crippen molar-refractivity contribution in [3.8, 4) is 0 Å². The van der Waals surface area contributed by atoms with Gasteiger partial charge in [-0.15, -0.1) is 11.3 Å². The van der Waals surface area contributed by atoms with Crippen molar-refractivity contribution in [3.63, 3.8) is 0 Å². The van der Waals surface area contributed by atoms with E-state index in [2.05, 4.69) is 38.4 Å². The Kier molecular flexibility index (Phi) is 4.35. The fraction of sp³-hybridized carbons (Fsp3) is 0.182. The lowest BCUT2D eigenvalue weighted by atomic mass is 10.2. The van der Waals surface area contributed by atoms with Gasteiger partial charge in [0, 0.05) is 30.4 Å². The Bertz CT molecular complexity index is 473. The molecule has 0 aliphatic heterocycles. The van der Waals surface area contributed by atoms with Gasteiger partial charge in [0.05, 0.1) is 8.81 Å². The zero-order chi connectivity index (χ0) is 11.4. The van der Waals surface area contributed by atoms with Crippen molar-refractivity contribution in [3.05, 3.63) is 49.8 Å². The number of hydrogen-bond acceptors (Lipinski definition) is 3. The Morgan fingerprint density at radius 1 is 1.31 bits per heavy atom. The van der Waals surface area contributed by atoms with E-state index in [9.17, 15) is 0 Å². The molecule has 2 aromatic rings. The molecule has 0 atom stereocenters. The van der Waals surface area contributed by atoms with Crippen LogP contribution < -0.4 is 5.32 Å². The van der Waals surface area contributed by atoms with Crippen molar-refractivity contribution in [1.82, 2.24) is 10.3 Å². The Morgan fingerprint density at radius 3 is 2.88 bits per heavy atom. The van der Waals surface area contributed by atoms with E-state index >= 15 is 0 Å². The number of aromatic nitrogens is 1. The fourth-order valence-corrected chi connectivity index (χ4v) is 2.95. The average molecular weight is 318 g/mol. The standard InChI is InChI=1S/C11H10BrClN2S/c12-11-2-1-9(16-11)6-15-5-8-3-4-14-7-10(8)13/h1-4,7,15H,5-6H2. The lowest BCUT2D eigenvalue weighted by molar-refractivity contribution is 0.700. The predicted octanol–water partition coefficient (Wildman–Crippen LogP) is 3.85. The van der Waals surface area contributed by atoms with Gasteiger partial charge in [-0.05, 0) is 39.7 Å². The van der Waals surface area contributed by atoms with Crippen molar-refractivity contribution < 1.29 is 0 Å². The number of halogens is 2. The summed E-state index contributed by atoms with van der Waals surface area (Å²) in [6.45, 7) is 1.62. The topological polar surface area (TPSA) is 24.9 Å². The Morgan fingerprint density at radius 2 is 2.19 bits per heavy atom. The highest BCUT2D eigenvalue weighted by atomic mass is 79.9. The van der Waals surface area contributed by atoms with Crippen LogP contribution in [0.3, 0.4) is 0 Å². The van der Waals surface area contributed by atoms with Gasteiger partial charge in [-0.2, -0.15) is 0 Å². The molecule has 5 heteroatoms. The minimum absolute atomic E-state index is 0.711. The van der Waals surface area contributed by atoms with Crippen LogP contribution in [0, 0.1) is 0 Å². The third-order valence-corrected chi connectivity index (χ3v) is 4.06. The number of nitrogens with zero attached hydrogens (tertiary/aromatic N) is 1. The first-order valence-electron chi connectivity index (χ1n) is 4.79. The lowest BCUT2D eigenvalue weighted by Crippen LogP contribution is -2.12. The van der Waals surface area contributed by atoms with Crippen LogP contribution in [0.1, 0.15) is 10.4 Å². The summed E-state index contributed by atoms with van der Waals surface area (Å²) in [5.74, 6) is 0. The monoisotopic (exact) mass is 316 g/mol. The van der Waals surface area contributed by atoms with Crippen LogP contribution in [0.5, 0.6) is 0 Å². The SMILES string of the molecule is Clc1cnccc1CNCc1ccc(Br)s1. The van der Waals surface area contributed by atoms with Gasteiger partial charge in [-0.1, -0.05) is 11.6 Å². The second-order valence-electron chi connectivity index (χ2n) is 3.28. The van der Waals surface area contributed by atoms with Gasteiger partial charge < -0.3 is 5.32 Å². The Labute approximate surface area is 112 Å². The summed E-state index contributed by atoms with van der Waals surface area (Å²) < 4.78 is 1.16. The first-order valence-corrected chi connectivity index (χ1v) is 6.78. The maximum absolute atomic E-state index is 6.00. The third kappa shape index (κ3) is 3.28. The van der Waals surface area contributed by atoms with Gasteiger partial charge in [-0.25, -0.2) is 0 Å². The third-order valence-electron chi connectivity index (χ3n) is 2.10. The zero-order valence-electron chi connectivity index (χ0n) is 8.41. The summed E-state index contributed by atoms with van der Waals surface area (Å²) in [6, 6.07) is 6.09. The molecule has 2 heterocycles. The Hall–Kier alpha value is -0.420.